The average Bonchev–Trinajstić information content (AvgIpc) is 3.05. The second-order valence-electron chi connectivity index (χ2n) is 6.14. The lowest BCUT2D eigenvalue weighted by molar-refractivity contribution is -0.158. The molecule has 2 heterocycles. The van der Waals surface area contributed by atoms with Gasteiger partial charge in [0.25, 0.3) is 5.91 Å². The first kappa shape index (κ1) is 18.1. The Labute approximate surface area is 154 Å². The molecule has 1 spiro atoms. The number of carbonyl (C=O) groups is 3. The molecule has 0 radical (unpaired) electrons. The van der Waals surface area contributed by atoms with Gasteiger partial charge in [0.2, 0.25) is 16.9 Å². The highest BCUT2D eigenvalue weighted by molar-refractivity contribution is 8.01. The van der Waals surface area contributed by atoms with Crippen LogP contribution in [0.4, 0.5) is 5.13 Å². The number of imide groups is 1. The SMILES string of the molecule is CCNc1nnc(SCC(=O)N2CC(=O)NC(=O)C23CCCCC3)s1. The fourth-order valence-corrected chi connectivity index (χ4v) is 5.05. The van der Waals surface area contributed by atoms with E-state index in [0.717, 1.165) is 25.8 Å². The highest BCUT2D eigenvalue weighted by Gasteiger charge is 2.50. The highest BCUT2D eigenvalue weighted by Crippen LogP contribution is 2.36. The second kappa shape index (κ2) is 7.69. The van der Waals surface area contributed by atoms with Gasteiger partial charge in [-0.15, -0.1) is 10.2 Å². The Kier molecular flexibility index (Phi) is 5.57. The van der Waals surface area contributed by atoms with Crippen molar-refractivity contribution in [1.82, 2.24) is 20.4 Å². The van der Waals surface area contributed by atoms with Crippen molar-refractivity contribution in [2.24, 2.45) is 0 Å². The number of nitrogens with one attached hydrogen (secondary N) is 2. The van der Waals surface area contributed by atoms with E-state index in [9.17, 15) is 14.4 Å². The molecule has 0 aromatic carbocycles. The Hall–Kier alpha value is -1.68. The van der Waals surface area contributed by atoms with Gasteiger partial charge in [0.05, 0.1) is 5.75 Å². The summed E-state index contributed by atoms with van der Waals surface area (Å²) in [6.07, 6.45) is 4.07. The molecule has 1 saturated heterocycles. The average molecular weight is 383 g/mol. The van der Waals surface area contributed by atoms with E-state index in [1.54, 1.807) is 0 Å². The van der Waals surface area contributed by atoms with Crippen LogP contribution in [0.5, 0.6) is 0 Å². The zero-order valence-electron chi connectivity index (χ0n) is 14.0. The Bertz CT molecular complexity index is 672. The van der Waals surface area contributed by atoms with Gasteiger partial charge in [-0.3, -0.25) is 19.7 Å². The van der Waals surface area contributed by atoms with Crippen LogP contribution in [0.2, 0.25) is 0 Å². The lowest BCUT2D eigenvalue weighted by Crippen LogP contribution is -2.69. The van der Waals surface area contributed by atoms with E-state index < -0.39 is 11.4 Å². The fraction of sp³-hybridized carbons (Fsp3) is 0.667. The number of amides is 3. The van der Waals surface area contributed by atoms with Crippen LogP contribution in [0.25, 0.3) is 0 Å². The molecule has 25 heavy (non-hydrogen) atoms. The van der Waals surface area contributed by atoms with E-state index >= 15 is 0 Å². The van der Waals surface area contributed by atoms with Gasteiger partial charge in [0.1, 0.15) is 12.1 Å². The van der Waals surface area contributed by atoms with Crippen LogP contribution in [0.15, 0.2) is 4.34 Å². The van der Waals surface area contributed by atoms with Gasteiger partial charge in [0.15, 0.2) is 4.34 Å². The predicted molar refractivity (Wildman–Crippen MR) is 95.5 cm³/mol. The van der Waals surface area contributed by atoms with Crippen LogP contribution in [-0.2, 0) is 14.4 Å². The molecule has 136 valence electrons. The third-order valence-corrected chi connectivity index (χ3v) is 6.53. The first-order valence-electron chi connectivity index (χ1n) is 8.40. The van der Waals surface area contributed by atoms with Gasteiger partial charge in [-0.1, -0.05) is 42.4 Å². The molecule has 1 aromatic rings. The van der Waals surface area contributed by atoms with Crippen molar-refractivity contribution in [1.29, 1.82) is 0 Å². The number of hydrogen-bond donors (Lipinski definition) is 2. The van der Waals surface area contributed by atoms with E-state index in [1.807, 2.05) is 6.92 Å². The molecule has 2 aliphatic rings. The molecule has 0 atom stereocenters. The van der Waals surface area contributed by atoms with E-state index in [1.165, 1.54) is 28.0 Å². The van der Waals surface area contributed by atoms with Crippen LogP contribution in [0.3, 0.4) is 0 Å². The first-order chi connectivity index (χ1) is 12.0. The zero-order valence-corrected chi connectivity index (χ0v) is 15.7. The van der Waals surface area contributed by atoms with Crippen molar-refractivity contribution >= 4 is 46.0 Å². The maximum atomic E-state index is 12.8. The summed E-state index contributed by atoms with van der Waals surface area (Å²) >= 11 is 2.68. The number of aromatic nitrogens is 2. The van der Waals surface area contributed by atoms with Gasteiger partial charge in [-0.05, 0) is 19.8 Å². The van der Waals surface area contributed by atoms with Crippen molar-refractivity contribution in [3.63, 3.8) is 0 Å². The fourth-order valence-electron chi connectivity index (χ4n) is 3.35. The molecule has 0 bridgehead atoms. The van der Waals surface area contributed by atoms with Gasteiger partial charge < -0.3 is 10.2 Å². The van der Waals surface area contributed by atoms with Crippen molar-refractivity contribution in [3.8, 4) is 0 Å². The number of thioether (sulfide) groups is 1. The molecule has 2 fully saturated rings. The van der Waals surface area contributed by atoms with Crippen LogP contribution in [0, 0.1) is 0 Å². The number of hydrogen-bond acceptors (Lipinski definition) is 8. The summed E-state index contributed by atoms with van der Waals surface area (Å²) < 4.78 is 0.690. The van der Waals surface area contributed by atoms with E-state index in [0.29, 0.717) is 22.3 Å². The third kappa shape index (κ3) is 3.79. The number of nitrogens with zero attached hydrogens (tertiary/aromatic N) is 3. The van der Waals surface area contributed by atoms with Gasteiger partial charge in [-0.2, -0.15) is 0 Å². The van der Waals surface area contributed by atoms with Crippen LogP contribution >= 0.6 is 23.1 Å². The summed E-state index contributed by atoms with van der Waals surface area (Å²) in [5.41, 5.74) is -0.861. The predicted octanol–water partition coefficient (Wildman–Crippen LogP) is 1.25. The summed E-state index contributed by atoms with van der Waals surface area (Å²) in [7, 11) is 0. The number of rotatable bonds is 5. The lowest BCUT2D eigenvalue weighted by Gasteiger charge is -2.47. The lowest BCUT2D eigenvalue weighted by atomic mass is 9.78. The minimum Gasteiger partial charge on any atom is -0.360 e. The number of anilines is 1. The molecular formula is C15H21N5O3S2. The van der Waals surface area contributed by atoms with E-state index in [-0.39, 0.29) is 24.1 Å². The number of carbonyl (C=O) groups excluding carboxylic acids is 3. The van der Waals surface area contributed by atoms with Crippen molar-refractivity contribution in [2.75, 3.05) is 24.2 Å². The molecule has 1 aromatic heterocycles. The van der Waals surface area contributed by atoms with Crippen molar-refractivity contribution in [2.45, 2.75) is 48.9 Å². The Balaban J connectivity index is 1.69. The van der Waals surface area contributed by atoms with Gasteiger partial charge in [0, 0.05) is 6.54 Å². The van der Waals surface area contributed by atoms with Crippen LogP contribution < -0.4 is 10.6 Å². The van der Waals surface area contributed by atoms with Crippen LogP contribution in [0.1, 0.15) is 39.0 Å². The highest BCUT2D eigenvalue weighted by atomic mass is 32.2. The Morgan fingerprint density at radius 3 is 2.80 bits per heavy atom. The van der Waals surface area contributed by atoms with Crippen molar-refractivity contribution in [3.05, 3.63) is 0 Å². The van der Waals surface area contributed by atoms with Gasteiger partial charge in [-0.25, -0.2) is 0 Å². The van der Waals surface area contributed by atoms with E-state index in [4.69, 9.17) is 0 Å². The minimum absolute atomic E-state index is 0.0517. The summed E-state index contributed by atoms with van der Waals surface area (Å²) in [5.74, 6) is -0.796. The largest absolute Gasteiger partial charge is 0.360 e. The standard InChI is InChI=1S/C15H21N5O3S2/c1-2-16-13-18-19-14(25-13)24-9-11(22)20-8-10(21)17-12(23)15(20)6-4-3-5-7-15/h2-9H2,1H3,(H,16,18)(H,17,21,23). The second-order valence-corrected chi connectivity index (χ2v) is 8.34. The smallest absolute Gasteiger partial charge is 0.252 e. The minimum atomic E-state index is -0.861. The molecule has 3 rings (SSSR count). The molecule has 1 aliphatic carbocycles. The summed E-state index contributed by atoms with van der Waals surface area (Å²) in [4.78, 5) is 38.6. The quantitative estimate of drug-likeness (QED) is 0.582. The van der Waals surface area contributed by atoms with Gasteiger partial charge >= 0.3 is 0 Å². The van der Waals surface area contributed by atoms with Crippen molar-refractivity contribution < 1.29 is 14.4 Å². The molecule has 3 amide bonds. The number of piperazine rings is 1. The maximum absolute atomic E-state index is 12.8. The van der Waals surface area contributed by atoms with E-state index in [2.05, 4.69) is 20.8 Å². The molecule has 0 unspecified atom stereocenters. The molecule has 2 N–H and O–H groups in total. The zero-order chi connectivity index (χ0) is 17.9. The summed E-state index contributed by atoms with van der Waals surface area (Å²) in [6.45, 7) is 2.68. The molecule has 1 aliphatic heterocycles. The third-order valence-electron chi connectivity index (χ3n) is 4.53. The maximum Gasteiger partial charge on any atom is 0.252 e. The molecule has 10 heteroatoms. The van der Waals surface area contributed by atoms with Crippen LogP contribution in [-0.4, -0.2) is 57.2 Å². The Morgan fingerprint density at radius 2 is 2.08 bits per heavy atom. The summed E-state index contributed by atoms with van der Waals surface area (Å²) in [5, 5.41) is 14.2. The molecule has 1 saturated carbocycles. The first-order valence-corrected chi connectivity index (χ1v) is 10.2. The molecule has 8 nitrogen and oxygen atoms in total. The summed E-state index contributed by atoms with van der Waals surface area (Å²) in [6, 6.07) is 0. The normalized spacial score (nSPS) is 19.8. The Morgan fingerprint density at radius 1 is 1.32 bits per heavy atom. The monoisotopic (exact) mass is 383 g/mol. The molecular weight excluding hydrogens is 362 g/mol. The topological polar surface area (TPSA) is 104 Å².